The minimum Gasteiger partial charge on any atom is -0.424 e. The normalized spacial score (nSPS) is 10.5. The zero-order valence-corrected chi connectivity index (χ0v) is 12.1. The molecule has 0 aliphatic carbocycles. The lowest BCUT2D eigenvalue weighted by Gasteiger charge is -2.09. The lowest BCUT2D eigenvalue weighted by molar-refractivity contribution is 0.282. The topological polar surface area (TPSA) is 68.1 Å². The Morgan fingerprint density at radius 1 is 0.909 bits per heavy atom. The van der Waals surface area contributed by atoms with Gasteiger partial charge in [0, 0.05) is 5.56 Å². The second-order valence-electron chi connectivity index (χ2n) is 4.72. The Hall–Kier alpha value is -2.79. The number of hydrogen-bond donors (Lipinski definition) is 1. The van der Waals surface area contributed by atoms with E-state index in [-0.39, 0.29) is 12.6 Å². The van der Waals surface area contributed by atoms with Gasteiger partial charge in [0.1, 0.15) is 11.6 Å². The predicted octanol–water partition coefficient (Wildman–Crippen LogP) is 3.13. The molecule has 22 heavy (non-hydrogen) atoms. The van der Waals surface area contributed by atoms with Crippen LogP contribution < -0.4 is 4.74 Å². The van der Waals surface area contributed by atoms with E-state index in [1.807, 2.05) is 54.6 Å². The first-order chi connectivity index (χ1) is 10.8. The van der Waals surface area contributed by atoms with Gasteiger partial charge in [0.15, 0.2) is 5.82 Å². The van der Waals surface area contributed by atoms with Crippen LogP contribution in [0, 0.1) is 6.92 Å². The molecule has 1 N–H and O–H groups in total. The third-order valence-corrected chi connectivity index (χ3v) is 3.11. The fourth-order valence-corrected chi connectivity index (χ4v) is 2.09. The molecule has 0 saturated carbocycles. The van der Waals surface area contributed by atoms with Crippen LogP contribution in [0.4, 0.5) is 0 Å². The third kappa shape index (κ3) is 3.10. The fourth-order valence-electron chi connectivity index (χ4n) is 2.09. The number of rotatable bonds is 4. The molecule has 0 amide bonds. The Bertz CT molecular complexity index is 776. The first kappa shape index (κ1) is 14.2. The molecule has 1 heterocycles. The van der Waals surface area contributed by atoms with Gasteiger partial charge in [0.05, 0.1) is 6.61 Å². The number of hydrogen-bond acceptors (Lipinski definition) is 5. The number of nitrogens with zero attached hydrogens (tertiary/aromatic N) is 3. The molecule has 1 aromatic heterocycles. The molecule has 3 rings (SSSR count). The Balaban J connectivity index is 2.00. The molecule has 0 atom stereocenters. The molecule has 0 unspecified atom stereocenters. The smallest absolute Gasteiger partial charge is 0.325 e. The standard InChI is InChI=1S/C17H15N3O2/c1-12-18-16(15-10-6-5-7-13(15)11-21)20-17(19-12)22-14-8-3-2-4-9-14/h2-10,21H,11H2,1H3. The Kier molecular flexibility index (Phi) is 4.07. The minimum atomic E-state index is -0.0736. The highest BCUT2D eigenvalue weighted by Gasteiger charge is 2.11. The molecule has 0 aliphatic heterocycles. The number of aliphatic hydroxyl groups is 1. The van der Waals surface area contributed by atoms with Crippen molar-refractivity contribution in [2.45, 2.75) is 13.5 Å². The summed E-state index contributed by atoms with van der Waals surface area (Å²) in [4.78, 5) is 12.9. The maximum absolute atomic E-state index is 9.45. The van der Waals surface area contributed by atoms with Crippen molar-refractivity contribution in [1.29, 1.82) is 0 Å². The van der Waals surface area contributed by atoms with E-state index in [0.29, 0.717) is 17.4 Å². The molecule has 0 radical (unpaired) electrons. The molecule has 2 aromatic carbocycles. The summed E-state index contributed by atoms with van der Waals surface area (Å²) >= 11 is 0. The van der Waals surface area contributed by atoms with Gasteiger partial charge in [-0.3, -0.25) is 0 Å². The van der Waals surface area contributed by atoms with Crippen molar-refractivity contribution < 1.29 is 9.84 Å². The molecular weight excluding hydrogens is 278 g/mol. The van der Waals surface area contributed by atoms with Crippen LogP contribution in [0.15, 0.2) is 54.6 Å². The number of ether oxygens (including phenoxy) is 1. The van der Waals surface area contributed by atoms with E-state index >= 15 is 0 Å². The summed E-state index contributed by atoms with van der Waals surface area (Å²) in [6, 6.07) is 17.0. The molecular formula is C17H15N3O2. The molecule has 5 nitrogen and oxygen atoms in total. The van der Waals surface area contributed by atoms with Crippen LogP contribution in [0.5, 0.6) is 11.8 Å². The summed E-state index contributed by atoms with van der Waals surface area (Å²) < 4.78 is 5.67. The molecule has 110 valence electrons. The van der Waals surface area contributed by atoms with E-state index in [0.717, 1.165) is 11.1 Å². The van der Waals surface area contributed by atoms with Crippen LogP contribution in [-0.4, -0.2) is 20.1 Å². The van der Waals surface area contributed by atoms with Crippen molar-refractivity contribution >= 4 is 0 Å². The summed E-state index contributed by atoms with van der Waals surface area (Å²) in [7, 11) is 0. The third-order valence-electron chi connectivity index (χ3n) is 3.11. The van der Waals surface area contributed by atoms with Crippen molar-refractivity contribution in [1.82, 2.24) is 15.0 Å². The van der Waals surface area contributed by atoms with Crippen LogP contribution in [-0.2, 0) is 6.61 Å². The minimum absolute atomic E-state index is 0.0736. The second kappa shape index (κ2) is 6.32. The van der Waals surface area contributed by atoms with Crippen LogP contribution in [0.1, 0.15) is 11.4 Å². The van der Waals surface area contributed by atoms with Gasteiger partial charge < -0.3 is 9.84 Å². The average Bonchev–Trinajstić information content (AvgIpc) is 2.55. The number of aryl methyl sites for hydroxylation is 1. The van der Waals surface area contributed by atoms with Gasteiger partial charge in [-0.05, 0) is 24.6 Å². The van der Waals surface area contributed by atoms with Gasteiger partial charge in [-0.25, -0.2) is 4.98 Å². The molecule has 0 aliphatic rings. The fraction of sp³-hybridized carbons (Fsp3) is 0.118. The van der Waals surface area contributed by atoms with Crippen molar-refractivity contribution in [3.05, 3.63) is 66.0 Å². The zero-order valence-electron chi connectivity index (χ0n) is 12.1. The van der Waals surface area contributed by atoms with Gasteiger partial charge >= 0.3 is 6.01 Å². The molecule has 0 fully saturated rings. The Morgan fingerprint density at radius 2 is 1.64 bits per heavy atom. The number of aromatic nitrogens is 3. The first-order valence-electron chi connectivity index (χ1n) is 6.91. The van der Waals surface area contributed by atoms with Gasteiger partial charge in [0.25, 0.3) is 0 Å². The summed E-state index contributed by atoms with van der Waals surface area (Å²) in [5, 5.41) is 9.45. The predicted molar refractivity (Wildman–Crippen MR) is 82.4 cm³/mol. The summed E-state index contributed by atoms with van der Waals surface area (Å²) in [6.45, 7) is 1.71. The molecule has 3 aromatic rings. The van der Waals surface area contributed by atoms with Crippen LogP contribution >= 0.6 is 0 Å². The number of para-hydroxylation sites is 1. The van der Waals surface area contributed by atoms with E-state index < -0.39 is 0 Å². The van der Waals surface area contributed by atoms with Crippen LogP contribution in [0.3, 0.4) is 0 Å². The lowest BCUT2D eigenvalue weighted by atomic mass is 10.1. The van der Waals surface area contributed by atoms with Crippen molar-refractivity contribution in [2.75, 3.05) is 0 Å². The van der Waals surface area contributed by atoms with E-state index in [1.54, 1.807) is 6.92 Å². The molecule has 0 bridgehead atoms. The second-order valence-corrected chi connectivity index (χ2v) is 4.72. The summed E-state index contributed by atoms with van der Waals surface area (Å²) in [5.41, 5.74) is 1.53. The van der Waals surface area contributed by atoms with E-state index in [1.165, 1.54) is 0 Å². The quantitative estimate of drug-likeness (QED) is 0.800. The van der Waals surface area contributed by atoms with E-state index in [2.05, 4.69) is 15.0 Å². The van der Waals surface area contributed by atoms with Crippen molar-refractivity contribution in [3.63, 3.8) is 0 Å². The van der Waals surface area contributed by atoms with Crippen molar-refractivity contribution in [3.8, 4) is 23.1 Å². The van der Waals surface area contributed by atoms with Gasteiger partial charge in [-0.1, -0.05) is 42.5 Å². The lowest BCUT2D eigenvalue weighted by Crippen LogP contribution is -2.01. The highest BCUT2D eigenvalue weighted by Crippen LogP contribution is 2.23. The van der Waals surface area contributed by atoms with Crippen LogP contribution in [0.2, 0.25) is 0 Å². The van der Waals surface area contributed by atoms with E-state index in [9.17, 15) is 5.11 Å². The Labute approximate surface area is 128 Å². The molecule has 0 spiro atoms. The molecule has 5 heteroatoms. The average molecular weight is 293 g/mol. The summed E-state index contributed by atoms with van der Waals surface area (Å²) in [6.07, 6.45) is 0. The number of aliphatic hydroxyl groups excluding tert-OH is 1. The zero-order chi connectivity index (χ0) is 15.4. The Morgan fingerprint density at radius 3 is 2.41 bits per heavy atom. The number of benzene rings is 2. The first-order valence-corrected chi connectivity index (χ1v) is 6.91. The monoisotopic (exact) mass is 293 g/mol. The SMILES string of the molecule is Cc1nc(Oc2ccccc2)nc(-c2ccccc2CO)n1. The molecule has 0 saturated heterocycles. The van der Waals surface area contributed by atoms with Gasteiger partial charge in [0.2, 0.25) is 0 Å². The van der Waals surface area contributed by atoms with Gasteiger partial charge in [-0.15, -0.1) is 0 Å². The summed E-state index contributed by atoms with van der Waals surface area (Å²) in [5.74, 6) is 1.71. The van der Waals surface area contributed by atoms with E-state index in [4.69, 9.17) is 4.74 Å². The van der Waals surface area contributed by atoms with Crippen molar-refractivity contribution in [2.24, 2.45) is 0 Å². The maximum atomic E-state index is 9.45. The largest absolute Gasteiger partial charge is 0.424 e. The van der Waals surface area contributed by atoms with Crippen LogP contribution in [0.25, 0.3) is 11.4 Å². The maximum Gasteiger partial charge on any atom is 0.325 e. The highest BCUT2D eigenvalue weighted by atomic mass is 16.5. The van der Waals surface area contributed by atoms with Gasteiger partial charge in [-0.2, -0.15) is 9.97 Å². The highest BCUT2D eigenvalue weighted by molar-refractivity contribution is 5.60.